The third-order valence-electron chi connectivity index (χ3n) is 6.36. The van der Waals surface area contributed by atoms with Crippen LogP contribution in [0.25, 0.3) is 0 Å². The molecule has 0 N–H and O–H groups in total. The molecule has 0 atom stereocenters. The number of ether oxygens (including phenoxy) is 1. The van der Waals surface area contributed by atoms with Crippen molar-refractivity contribution in [2.75, 3.05) is 40.3 Å². The summed E-state index contributed by atoms with van der Waals surface area (Å²) in [6.45, 7) is 13.7. The van der Waals surface area contributed by atoms with Gasteiger partial charge >= 0.3 is 0 Å². The molecule has 1 aliphatic heterocycles. The van der Waals surface area contributed by atoms with Gasteiger partial charge in [-0.05, 0) is 71.0 Å². The first kappa shape index (κ1) is 24.0. The molecule has 7 heteroatoms. The molecule has 3 aromatic carbocycles. The maximum atomic E-state index is 13.9. The second kappa shape index (κ2) is 9.58. The molecule has 0 spiro atoms. The molecule has 0 unspecified atom stereocenters. The van der Waals surface area contributed by atoms with Crippen LogP contribution in [0.5, 0.6) is 11.5 Å². The second-order valence-electron chi connectivity index (χ2n) is 8.33. The Kier molecular flexibility index (Phi) is 6.75. The fourth-order valence-corrected chi connectivity index (χ4v) is 5.91. The van der Waals surface area contributed by atoms with Gasteiger partial charge in [-0.3, -0.25) is 0 Å². The highest BCUT2D eigenvalue weighted by molar-refractivity contribution is 7.93. The first-order valence-corrected chi connectivity index (χ1v) is 13.4. The zero-order valence-corrected chi connectivity index (χ0v) is 21.4. The van der Waals surface area contributed by atoms with E-state index in [1.807, 2.05) is 55.5 Å². The van der Waals surface area contributed by atoms with Crippen LogP contribution in [-0.2, 0) is 10.0 Å². The van der Waals surface area contributed by atoms with E-state index in [0.29, 0.717) is 22.9 Å². The van der Waals surface area contributed by atoms with Gasteiger partial charge < -0.3 is 14.5 Å². The number of aryl methyl sites for hydroxylation is 1. The standard InChI is InChI=1S/C27H33N3O3S/c1-6-28(7-2)21-12-16-24-26(18-21)33-27-19-22(29(8-3)9-4)13-17-25(27)30(24)34(31,32)23-14-10-20(5)11-15-23/h10-19H,6-9H2,1-5H3. The van der Waals surface area contributed by atoms with Crippen LogP contribution >= 0.6 is 0 Å². The summed E-state index contributed by atoms with van der Waals surface area (Å²) in [6.07, 6.45) is 0. The molecule has 1 heterocycles. The minimum Gasteiger partial charge on any atom is -0.453 e. The van der Waals surface area contributed by atoms with Crippen molar-refractivity contribution < 1.29 is 13.2 Å². The largest absolute Gasteiger partial charge is 0.453 e. The van der Waals surface area contributed by atoms with Gasteiger partial charge in [0.15, 0.2) is 11.5 Å². The quantitative estimate of drug-likeness (QED) is 0.378. The van der Waals surface area contributed by atoms with Crippen LogP contribution < -0.4 is 18.8 Å². The lowest BCUT2D eigenvalue weighted by Crippen LogP contribution is -2.30. The third-order valence-corrected chi connectivity index (χ3v) is 8.10. The summed E-state index contributed by atoms with van der Waals surface area (Å²) in [5.74, 6) is 1.06. The Morgan fingerprint density at radius 1 is 0.706 bits per heavy atom. The van der Waals surface area contributed by atoms with Gasteiger partial charge in [-0.25, -0.2) is 12.7 Å². The van der Waals surface area contributed by atoms with Crippen molar-refractivity contribution in [3.05, 3.63) is 66.2 Å². The zero-order chi connectivity index (χ0) is 24.5. The molecule has 34 heavy (non-hydrogen) atoms. The van der Waals surface area contributed by atoms with Crippen molar-refractivity contribution in [1.82, 2.24) is 0 Å². The summed E-state index contributed by atoms with van der Waals surface area (Å²) in [6, 6.07) is 18.4. The maximum Gasteiger partial charge on any atom is 0.268 e. The Balaban J connectivity index is 1.91. The van der Waals surface area contributed by atoms with E-state index in [-0.39, 0.29) is 4.90 Å². The lowest BCUT2D eigenvalue weighted by molar-refractivity contribution is 0.476. The van der Waals surface area contributed by atoms with E-state index in [1.165, 1.54) is 4.31 Å². The van der Waals surface area contributed by atoms with Gasteiger partial charge in [-0.15, -0.1) is 0 Å². The number of rotatable bonds is 8. The molecule has 0 amide bonds. The molecule has 180 valence electrons. The Morgan fingerprint density at radius 2 is 1.15 bits per heavy atom. The number of hydrogen-bond acceptors (Lipinski definition) is 5. The highest BCUT2D eigenvalue weighted by atomic mass is 32.2. The van der Waals surface area contributed by atoms with E-state index in [4.69, 9.17) is 4.74 Å². The van der Waals surface area contributed by atoms with E-state index < -0.39 is 10.0 Å². The first-order valence-electron chi connectivity index (χ1n) is 11.9. The van der Waals surface area contributed by atoms with Crippen molar-refractivity contribution >= 4 is 32.8 Å². The number of nitrogens with zero attached hydrogens (tertiary/aromatic N) is 3. The summed E-state index contributed by atoms with van der Waals surface area (Å²) in [7, 11) is -3.87. The molecule has 0 aliphatic carbocycles. The summed E-state index contributed by atoms with van der Waals surface area (Å²) in [5, 5.41) is 0. The molecule has 3 aromatic rings. The average molecular weight is 480 g/mol. The normalized spacial score (nSPS) is 12.6. The van der Waals surface area contributed by atoms with Crippen LogP contribution in [-0.4, -0.2) is 34.6 Å². The average Bonchev–Trinajstić information content (AvgIpc) is 2.84. The monoisotopic (exact) mass is 479 g/mol. The van der Waals surface area contributed by atoms with E-state index >= 15 is 0 Å². The minimum absolute atomic E-state index is 0.248. The third kappa shape index (κ3) is 4.20. The van der Waals surface area contributed by atoms with Gasteiger partial charge in [0.2, 0.25) is 0 Å². The Hall–Kier alpha value is -3.19. The zero-order valence-electron chi connectivity index (χ0n) is 20.6. The lowest BCUT2D eigenvalue weighted by Gasteiger charge is -2.34. The molecular weight excluding hydrogens is 446 g/mol. The molecule has 0 aromatic heterocycles. The van der Waals surface area contributed by atoms with Gasteiger partial charge in [0.1, 0.15) is 11.4 Å². The Morgan fingerprint density at radius 3 is 1.56 bits per heavy atom. The summed E-state index contributed by atoms with van der Waals surface area (Å²) in [5.41, 5.74) is 4.04. The number of fused-ring (bicyclic) bond motifs is 2. The molecule has 0 bridgehead atoms. The van der Waals surface area contributed by atoms with Gasteiger partial charge in [-0.1, -0.05) is 17.7 Å². The number of benzene rings is 3. The van der Waals surface area contributed by atoms with Crippen LogP contribution in [0, 0.1) is 6.92 Å². The predicted molar refractivity (Wildman–Crippen MR) is 141 cm³/mol. The molecule has 0 saturated carbocycles. The van der Waals surface area contributed by atoms with Crippen molar-refractivity contribution in [3.8, 4) is 11.5 Å². The van der Waals surface area contributed by atoms with Crippen molar-refractivity contribution in [2.45, 2.75) is 39.5 Å². The molecule has 6 nitrogen and oxygen atoms in total. The number of hydrogen-bond donors (Lipinski definition) is 0. The van der Waals surface area contributed by atoms with Crippen molar-refractivity contribution in [1.29, 1.82) is 0 Å². The molecule has 0 radical (unpaired) electrons. The highest BCUT2D eigenvalue weighted by Gasteiger charge is 2.35. The van der Waals surface area contributed by atoms with Gasteiger partial charge in [0.05, 0.1) is 4.90 Å². The van der Waals surface area contributed by atoms with Crippen molar-refractivity contribution in [3.63, 3.8) is 0 Å². The van der Waals surface area contributed by atoms with Crippen LogP contribution in [0.1, 0.15) is 33.3 Å². The smallest absolute Gasteiger partial charge is 0.268 e. The predicted octanol–water partition coefficient (Wildman–Crippen LogP) is 6.32. The summed E-state index contributed by atoms with van der Waals surface area (Å²) < 4.78 is 35.7. The summed E-state index contributed by atoms with van der Waals surface area (Å²) in [4.78, 5) is 4.67. The van der Waals surface area contributed by atoms with E-state index in [0.717, 1.165) is 43.1 Å². The van der Waals surface area contributed by atoms with Crippen LogP contribution in [0.2, 0.25) is 0 Å². The molecule has 0 saturated heterocycles. The van der Waals surface area contributed by atoms with Gasteiger partial charge in [0.25, 0.3) is 10.0 Å². The lowest BCUT2D eigenvalue weighted by atomic mass is 10.1. The minimum atomic E-state index is -3.87. The Bertz CT molecular complexity index is 1200. The van der Waals surface area contributed by atoms with Gasteiger partial charge in [0, 0.05) is 49.7 Å². The van der Waals surface area contributed by atoms with Crippen LogP contribution in [0.4, 0.5) is 22.7 Å². The SMILES string of the molecule is CCN(CC)c1ccc2c(c1)Oc1cc(N(CC)CC)ccc1N2S(=O)(=O)c1ccc(C)cc1. The number of sulfonamides is 1. The molecule has 0 fully saturated rings. The van der Waals surface area contributed by atoms with Gasteiger partial charge in [-0.2, -0.15) is 0 Å². The number of anilines is 4. The van der Waals surface area contributed by atoms with Crippen LogP contribution in [0.15, 0.2) is 65.6 Å². The van der Waals surface area contributed by atoms with E-state index in [9.17, 15) is 8.42 Å². The van der Waals surface area contributed by atoms with Crippen LogP contribution in [0.3, 0.4) is 0 Å². The first-order chi connectivity index (χ1) is 16.3. The van der Waals surface area contributed by atoms with E-state index in [1.54, 1.807) is 12.1 Å². The fourth-order valence-electron chi connectivity index (χ4n) is 4.40. The highest BCUT2D eigenvalue weighted by Crippen LogP contribution is 2.51. The summed E-state index contributed by atoms with van der Waals surface area (Å²) >= 11 is 0. The molecule has 1 aliphatic rings. The second-order valence-corrected chi connectivity index (χ2v) is 10.1. The Labute approximate surface area is 203 Å². The van der Waals surface area contributed by atoms with Crippen molar-refractivity contribution in [2.24, 2.45) is 0 Å². The van der Waals surface area contributed by atoms with E-state index in [2.05, 4.69) is 37.5 Å². The molecule has 4 rings (SSSR count). The molecular formula is C27H33N3O3S. The fraction of sp³-hybridized carbons (Fsp3) is 0.333. The topological polar surface area (TPSA) is 53.1 Å². The maximum absolute atomic E-state index is 13.9.